The van der Waals surface area contributed by atoms with Crippen LogP contribution in [0.25, 0.3) is 0 Å². The van der Waals surface area contributed by atoms with E-state index in [1.54, 1.807) is 0 Å². The van der Waals surface area contributed by atoms with E-state index in [-0.39, 0.29) is 11.4 Å². The van der Waals surface area contributed by atoms with Crippen LogP contribution in [0.15, 0.2) is 24.3 Å². The Morgan fingerprint density at radius 1 is 1.44 bits per heavy atom. The van der Waals surface area contributed by atoms with Gasteiger partial charge in [0.2, 0.25) is 5.91 Å². The van der Waals surface area contributed by atoms with Crippen molar-refractivity contribution in [3.8, 4) is 0 Å². The molecule has 1 aromatic rings. The van der Waals surface area contributed by atoms with Crippen LogP contribution in [0.3, 0.4) is 0 Å². The number of hydrogen-bond donors (Lipinski definition) is 1. The maximum atomic E-state index is 11.8. The minimum atomic E-state index is 0.0122. The Labute approximate surface area is 108 Å². The standard InChI is InChI=1S/C12H13BrClNO/c13-8-12(5-6-12)15-11(16)7-9-3-1-2-4-10(9)14/h1-4H,5-8H2,(H,15,16). The first-order valence-electron chi connectivity index (χ1n) is 5.26. The number of hydrogen-bond acceptors (Lipinski definition) is 1. The molecule has 4 heteroatoms. The summed E-state index contributed by atoms with van der Waals surface area (Å²) >= 11 is 9.42. The molecule has 0 radical (unpaired) electrons. The summed E-state index contributed by atoms with van der Waals surface area (Å²) in [5, 5.41) is 4.53. The average molecular weight is 303 g/mol. The molecular weight excluding hydrogens is 289 g/mol. The normalized spacial score (nSPS) is 16.9. The van der Waals surface area contributed by atoms with E-state index in [0.717, 1.165) is 23.7 Å². The summed E-state index contributed by atoms with van der Waals surface area (Å²) in [6, 6.07) is 7.45. The third-order valence-corrected chi connectivity index (χ3v) is 4.26. The molecule has 0 atom stereocenters. The highest BCUT2D eigenvalue weighted by Gasteiger charge is 2.42. The maximum Gasteiger partial charge on any atom is 0.224 e. The zero-order valence-electron chi connectivity index (χ0n) is 8.80. The number of amides is 1. The minimum Gasteiger partial charge on any atom is -0.350 e. The Morgan fingerprint density at radius 3 is 2.69 bits per heavy atom. The van der Waals surface area contributed by atoms with Gasteiger partial charge in [-0.2, -0.15) is 0 Å². The van der Waals surface area contributed by atoms with Crippen LogP contribution in [-0.2, 0) is 11.2 Å². The van der Waals surface area contributed by atoms with Crippen molar-refractivity contribution in [3.63, 3.8) is 0 Å². The molecule has 1 fully saturated rings. The van der Waals surface area contributed by atoms with Crippen molar-refractivity contribution in [1.29, 1.82) is 0 Å². The van der Waals surface area contributed by atoms with E-state index >= 15 is 0 Å². The van der Waals surface area contributed by atoms with Gasteiger partial charge in [0.1, 0.15) is 0 Å². The number of carbonyl (C=O) groups is 1. The fourth-order valence-corrected chi connectivity index (χ4v) is 2.50. The molecule has 0 saturated heterocycles. The highest BCUT2D eigenvalue weighted by atomic mass is 79.9. The van der Waals surface area contributed by atoms with Crippen LogP contribution in [-0.4, -0.2) is 16.8 Å². The molecule has 0 spiro atoms. The first-order chi connectivity index (χ1) is 7.65. The van der Waals surface area contributed by atoms with Gasteiger partial charge in [-0.25, -0.2) is 0 Å². The molecule has 86 valence electrons. The maximum absolute atomic E-state index is 11.8. The van der Waals surface area contributed by atoms with Crippen molar-refractivity contribution in [3.05, 3.63) is 34.9 Å². The fourth-order valence-electron chi connectivity index (χ4n) is 1.60. The van der Waals surface area contributed by atoms with Gasteiger partial charge < -0.3 is 5.32 Å². The van der Waals surface area contributed by atoms with Crippen LogP contribution >= 0.6 is 27.5 Å². The second-order valence-electron chi connectivity index (χ2n) is 4.23. The van der Waals surface area contributed by atoms with E-state index in [2.05, 4.69) is 21.2 Å². The molecule has 0 aliphatic heterocycles. The second kappa shape index (κ2) is 4.76. The molecule has 0 aromatic heterocycles. The summed E-state index contributed by atoms with van der Waals surface area (Å²) in [6.07, 6.45) is 2.48. The van der Waals surface area contributed by atoms with Crippen LogP contribution in [0.2, 0.25) is 5.02 Å². The van der Waals surface area contributed by atoms with Crippen LogP contribution < -0.4 is 5.32 Å². The molecule has 0 bridgehead atoms. The highest BCUT2D eigenvalue weighted by molar-refractivity contribution is 9.09. The smallest absolute Gasteiger partial charge is 0.224 e. The number of nitrogens with one attached hydrogen (secondary N) is 1. The summed E-state index contributed by atoms with van der Waals surface area (Å²) < 4.78 is 0. The Morgan fingerprint density at radius 2 is 2.12 bits per heavy atom. The largest absolute Gasteiger partial charge is 0.350 e. The minimum absolute atomic E-state index is 0.0122. The van der Waals surface area contributed by atoms with Gasteiger partial charge in [-0.1, -0.05) is 45.7 Å². The predicted octanol–water partition coefficient (Wildman–Crippen LogP) is 2.93. The first kappa shape index (κ1) is 11.9. The topological polar surface area (TPSA) is 29.1 Å². The highest BCUT2D eigenvalue weighted by Crippen LogP contribution is 2.36. The van der Waals surface area contributed by atoms with Crippen LogP contribution in [0.5, 0.6) is 0 Å². The van der Waals surface area contributed by atoms with Crippen LogP contribution in [0.1, 0.15) is 18.4 Å². The number of halogens is 2. The van der Waals surface area contributed by atoms with Crippen molar-refractivity contribution >= 4 is 33.4 Å². The Kier molecular flexibility index (Phi) is 3.55. The van der Waals surface area contributed by atoms with Gasteiger partial charge >= 0.3 is 0 Å². The molecule has 1 N–H and O–H groups in total. The van der Waals surface area contributed by atoms with E-state index in [9.17, 15) is 4.79 Å². The number of alkyl halides is 1. The third-order valence-electron chi connectivity index (χ3n) is 2.82. The van der Waals surface area contributed by atoms with E-state index < -0.39 is 0 Å². The van der Waals surface area contributed by atoms with Crippen molar-refractivity contribution in [2.45, 2.75) is 24.8 Å². The van der Waals surface area contributed by atoms with Gasteiger partial charge in [-0.15, -0.1) is 0 Å². The molecule has 2 nitrogen and oxygen atoms in total. The zero-order chi connectivity index (χ0) is 11.6. The Balaban J connectivity index is 1.95. The summed E-state index contributed by atoms with van der Waals surface area (Å²) in [6.45, 7) is 0. The average Bonchev–Trinajstić information content (AvgIpc) is 3.02. The quantitative estimate of drug-likeness (QED) is 0.851. The van der Waals surface area contributed by atoms with E-state index in [0.29, 0.717) is 11.4 Å². The van der Waals surface area contributed by atoms with E-state index in [1.165, 1.54) is 0 Å². The number of carbonyl (C=O) groups excluding carboxylic acids is 1. The SMILES string of the molecule is O=C(Cc1ccccc1Cl)NC1(CBr)CC1. The Bertz CT molecular complexity index is 404. The lowest BCUT2D eigenvalue weighted by molar-refractivity contribution is -0.121. The van der Waals surface area contributed by atoms with Crippen molar-refractivity contribution < 1.29 is 4.79 Å². The second-order valence-corrected chi connectivity index (χ2v) is 5.20. The third kappa shape index (κ3) is 2.77. The molecule has 0 heterocycles. The van der Waals surface area contributed by atoms with Gasteiger partial charge in [0.05, 0.1) is 6.42 Å². The molecule has 2 rings (SSSR count). The summed E-state index contributed by atoms with van der Waals surface area (Å²) in [5.74, 6) is 0.0463. The predicted molar refractivity (Wildman–Crippen MR) is 69.1 cm³/mol. The Hall–Kier alpha value is -0.540. The molecule has 1 aromatic carbocycles. The summed E-state index contributed by atoms with van der Waals surface area (Å²) in [4.78, 5) is 11.8. The number of rotatable bonds is 4. The molecule has 1 aliphatic rings. The summed E-state index contributed by atoms with van der Waals surface area (Å²) in [5.41, 5.74) is 0.894. The molecule has 1 saturated carbocycles. The first-order valence-corrected chi connectivity index (χ1v) is 6.75. The zero-order valence-corrected chi connectivity index (χ0v) is 11.1. The van der Waals surface area contributed by atoms with Crippen molar-refractivity contribution in [2.24, 2.45) is 0 Å². The molecule has 16 heavy (non-hydrogen) atoms. The molecular formula is C12H13BrClNO. The van der Waals surface area contributed by atoms with Gasteiger partial charge in [0.25, 0.3) is 0 Å². The lowest BCUT2D eigenvalue weighted by Gasteiger charge is -2.14. The van der Waals surface area contributed by atoms with Crippen molar-refractivity contribution in [1.82, 2.24) is 5.32 Å². The van der Waals surface area contributed by atoms with Crippen LogP contribution in [0, 0.1) is 0 Å². The van der Waals surface area contributed by atoms with Gasteiger partial charge in [-0.05, 0) is 24.5 Å². The number of benzene rings is 1. The van der Waals surface area contributed by atoms with E-state index in [1.807, 2.05) is 24.3 Å². The van der Waals surface area contributed by atoms with Gasteiger partial charge in [-0.3, -0.25) is 4.79 Å². The molecule has 0 unspecified atom stereocenters. The molecule has 1 amide bonds. The lowest BCUT2D eigenvalue weighted by atomic mass is 10.1. The van der Waals surface area contributed by atoms with Crippen LogP contribution in [0.4, 0.5) is 0 Å². The van der Waals surface area contributed by atoms with Gasteiger partial charge in [0, 0.05) is 15.9 Å². The van der Waals surface area contributed by atoms with E-state index in [4.69, 9.17) is 11.6 Å². The lowest BCUT2D eigenvalue weighted by Crippen LogP contribution is -2.39. The molecule has 1 aliphatic carbocycles. The fraction of sp³-hybridized carbons (Fsp3) is 0.417. The van der Waals surface area contributed by atoms with Crippen molar-refractivity contribution in [2.75, 3.05) is 5.33 Å². The van der Waals surface area contributed by atoms with Gasteiger partial charge in [0.15, 0.2) is 0 Å². The monoisotopic (exact) mass is 301 g/mol. The summed E-state index contributed by atoms with van der Waals surface area (Å²) in [7, 11) is 0.